The van der Waals surface area contributed by atoms with Crippen molar-refractivity contribution in [1.29, 1.82) is 0 Å². The zero-order valence-electron chi connectivity index (χ0n) is 13.6. The maximum absolute atomic E-state index is 12.5. The van der Waals surface area contributed by atoms with Gasteiger partial charge in [-0.25, -0.2) is 0 Å². The van der Waals surface area contributed by atoms with Gasteiger partial charge in [-0.15, -0.1) is 0 Å². The van der Waals surface area contributed by atoms with E-state index in [1.807, 2.05) is 24.3 Å². The molecule has 1 amide bonds. The smallest absolute Gasteiger partial charge is 0.305 e. The SMILES string of the molecule is CCOC(=O)CCCN1C(=O)C(=Cc2cccc(OC)c2)SC1=S. The number of methoxy groups -OCH3 is 1. The Morgan fingerprint density at radius 3 is 2.92 bits per heavy atom. The van der Waals surface area contributed by atoms with Crippen LogP contribution in [0.1, 0.15) is 25.3 Å². The molecule has 0 unspecified atom stereocenters. The fraction of sp³-hybridized carbons (Fsp3) is 0.353. The number of carbonyl (C=O) groups is 2. The van der Waals surface area contributed by atoms with Crippen LogP contribution >= 0.6 is 24.0 Å². The average Bonchev–Trinajstić information content (AvgIpc) is 2.82. The molecule has 1 aromatic carbocycles. The first-order valence-corrected chi connectivity index (χ1v) is 8.82. The van der Waals surface area contributed by atoms with Crippen LogP contribution in [0.4, 0.5) is 0 Å². The summed E-state index contributed by atoms with van der Waals surface area (Å²) in [6.45, 7) is 2.55. The lowest BCUT2D eigenvalue weighted by atomic mass is 10.2. The topological polar surface area (TPSA) is 55.8 Å². The highest BCUT2D eigenvalue weighted by molar-refractivity contribution is 8.26. The molecule has 128 valence electrons. The van der Waals surface area contributed by atoms with E-state index in [-0.39, 0.29) is 18.3 Å². The van der Waals surface area contributed by atoms with Crippen molar-refractivity contribution in [3.8, 4) is 5.75 Å². The number of hydrogen-bond acceptors (Lipinski definition) is 6. The number of nitrogens with zero attached hydrogens (tertiary/aromatic N) is 1. The Morgan fingerprint density at radius 2 is 2.21 bits per heavy atom. The van der Waals surface area contributed by atoms with Crippen LogP contribution in [0.25, 0.3) is 6.08 Å². The fourth-order valence-electron chi connectivity index (χ4n) is 2.19. The van der Waals surface area contributed by atoms with E-state index in [1.54, 1.807) is 20.1 Å². The van der Waals surface area contributed by atoms with Crippen molar-refractivity contribution < 1.29 is 19.1 Å². The van der Waals surface area contributed by atoms with Crippen molar-refractivity contribution >= 4 is 46.3 Å². The normalized spacial score (nSPS) is 15.9. The van der Waals surface area contributed by atoms with E-state index >= 15 is 0 Å². The Kier molecular flexibility index (Phi) is 6.81. The van der Waals surface area contributed by atoms with Crippen molar-refractivity contribution in [3.05, 3.63) is 34.7 Å². The number of benzene rings is 1. The number of amides is 1. The molecular weight excluding hydrogens is 346 g/mol. The highest BCUT2D eigenvalue weighted by Gasteiger charge is 2.31. The van der Waals surface area contributed by atoms with Gasteiger partial charge in [0, 0.05) is 13.0 Å². The fourth-order valence-corrected chi connectivity index (χ4v) is 3.50. The summed E-state index contributed by atoms with van der Waals surface area (Å²) in [5.41, 5.74) is 0.876. The molecule has 1 saturated heterocycles. The van der Waals surface area contributed by atoms with Gasteiger partial charge < -0.3 is 9.47 Å². The Morgan fingerprint density at radius 1 is 1.42 bits per heavy atom. The minimum atomic E-state index is -0.255. The second-order valence-corrected chi connectivity index (χ2v) is 6.69. The summed E-state index contributed by atoms with van der Waals surface area (Å²) in [5, 5.41) is 0. The van der Waals surface area contributed by atoms with Crippen LogP contribution in [0, 0.1) is 0 Å². The Bertz CT molecular complexity index is 672. The third kappa shape index (κ3) is 4.82. The zero-order valence-corrected chi connectivity index (χ0v) is 15.2. The predicted octanol–water partition coefficient (Wildman–Crippen LogP) is 3.24. The number of esters is 1. The average molecular weight is 365 g/mol. The van der Waals surface area contributed by atoms with Gasteiger partial charge in [-0.1, -0.05) is 36.1 Å². The molecule has 2 rings (SSSR count). The van der Waals surface area contributed by atoms with Gasteiger partial charge in [-0.2, -0.15) is 0 Å². The highest BCUT2D eigenvalue weighted by Crippen LogP contribution is 2.33. The van der Waals surface area contributed by atoms with E-state index in [0.717, 1.165) is 11.3 Å². The summed E-state index contributed by atoms with van der Waals surface area (Å²) >= 11 is 6.55. The highest BCUT2D eigenvalue weighted by atomic mass is 32.2. The van der Waals surface area contributed by atoms with E-state index in [4.69, 9.17) is 21.7 Å². The van der Waals surface area contributed by atoms with Gasteiger partial charge in [0.05, 0.1) is 18.6 Å². The van der Waals surface area contributed by atoms with Gasteiger partial charge in [-0.05, 0) is 37.1 Å². The summed E-state index contributed by atoms with van der Waals surface area (Å²) in [5.74, 6) is 0.347. The molecule has 1 aromatic rings. The maximum atomic E-state index is 12.5. The summed E-state index contributed by atoms with van der Waals surface area (Å²) in [6, 6.07) is 7.46. The van der Waals surface area contributed by atoms with Crippen LogP contribution in [0.15, 0.2) is 29.2 Å². The van der Waals surface area contributed by atoms with Crippen molar-refractivity contribution in [2.45, 2.75) is 19.8 Å². The number of ether oxygens (including phenoxy) is 2. The Labute approximate surface area is 151 Å². The van der Waals surface area contributed by atoms with E-state index in [9.17, 15) is 9.59 Å². The zero-order chi connectivity index (χ0) is 17.5. The number of hydrogen-bond donors (Lipinski definition) is 0. The molecule has 1 aliphatic rings. The number of thiocarbonyl (C=S) groups is 1. The van der Waals surface area contributed by atoms with Gasteiger partial charge >= 0.3 is 5.97 Å². The van der Waals surface area contributed by atoms with E-state index in [1.165, 1.54) is 16.7 Å². The summed E-state index contributed by atoms with van der Waals surface area (Å²) in [7, 11) is 1.60. The summed E-state index contributed by atoms with van der Waals surface area (Å²) in [6.07, 6.45) is 2.60. The lowest BCUT2D eigenvalue weighted by molar-refractivity contribution is -0.143. The van der Waals surface area contributed by atoms with Crippen molar-refractivity contribution in [2.24, 2.45) is 0 Å². The molecule has 1 heterocycles. The van der Waals surface area contributed by atoms with E-state index < -0.39 is 0 Å². The van der Waals surface area contributed by atoms with Gasteiger partial charge in [0.15, 0.2) is 0 Å². The lowest BCUT2D eigenvalue weighted by Crippen LogP contribution is -2.29. The third-order valence-electron chi connectivity index (χ3n) is 3.33. The molecule has 0 atom stereocenters. The van der Waals surface area contributed by atoms with Gasteiger partial charge in [0.25, 0.3) is 5.91 Å². The van der Waals surface area contributed by atoms with E-state index in [0.29, 0.717) is 28.8 Å². The third-order valence-corrected chi connectivity index (χ3v) is 4.71. The molecular formula is C17H19NO4S2. The van der Waals surface area contributed by atoms with Gasteiger partial charge in [0.2, 0.25) is 0 Å². The molecule has 7 heteroatoms. The number of carbonyl (C=O) groups excluding carboxylic acids is 2. The second kappa shape index (κ2) is 8.84. The number of thioether (sulfide) groups is 1. The first-order valence-electron chi connectivity index (χ1n) is 7.60. The monoisotopic (exact) mass is 365 g/mol. The molecule has 0 N–H and O–H groups in total. The molecule has 0 radical (unpaired) electrons. The van der Waals surface area contributed by atoms with Crippen molar-refractivity contribution in [2.75, 3.05) is 20.3 Å². The Hall–Kier alpha value is -1.86. The molecule has 1 aliphatic heterocycles. The lowest BCUT2D eigenvalue weighted by Gasteiger charge is -2.13. The predicted molar refractivity (Wildman–Crippen MR) is 98.7 cm³/mol. The van der Waals surface area contributed by atoms with Crippen LogP contribution in [0.3, 0.4) is 0 Å². The van der Waals surface area contributed by atoms with E-state index in [2.05, 4.69) is 0 Å². The molecule has 24 heavy (non-hydrogen) atoms. The molecule has 0 spiro atoms. The molecule has 0 bridgehead atoms. The number of rotatable bonds is 7. The van der Waals surface area contributed by atoms with Crippen LogP contribution < -0.4 is 4.74 Å². The summed E-state index contributed by atoms with van der Waals surface area (Å²) in [4.78, 5) is 25.9. The summed E-state index contributed by atoms with van der Waals surface area (Å²) < 4.78 is 10.6. The Balaban J connectivity index is 2.00. The molecule has 5 nitrogen and oxygen atoms in total. The quantitative estimate of drug-likeness (QED) is 0.420. The molecule has 0 saturated carbocycles. The molecule has 0 aliphatic carbocycles. The van der Waals surface area contributed by atoms with Crippen LogP contribution in [0.5, 0.6) is 5.75 Å². The van der Waals surface area contributed by atoms with Gasteiger partial charge in [-0.3, -0.25) is 14.5 Å². The van der Waals surface area contributed by atoms with Crippen LogP contribution in [-0.2, 0) is 14.3 Å². The maximum Gasteiger partial charge on any atom is 0.305 e. The molecule has 0 aromatic heterocycles. The van der Waals surface area contributed by atoms with Crippen molar-refractivity contribution in [3.63, 3.8) is 0 Å². The first-order chi connectivity index (χ1) is 11.5. The minimum Gasteiger partial charge on any atom is -0.497 e. The standard InChI is InChI=1S/C17H19NO4S2/c1-3-22-15(19)8-5-9-18-16(20)14(24-17(18)23)11-12-6-4-7-13(10-12)21-2/h4,6-7,10-11H,3,5,8-9H2,1-2H3. The first kappa shape index (κ1) is 18.5. The largest absolute Gasteiger partial charge is 0.497 e. The molecule has 1 fully saturated rings. The minimum absolute atomic E-state index is 0.128. The second-order valence-electron chi connectivity index (χ2n) is 5.02. The van der Waals surface area contributed by atoms with Crippen LogP contribution in [-0.4, -0.2) is 41.4 Å². The van der Waals surface area contributed by atoms with Crippen LogP contribution in [0.2, 0.25) is 0 Å². The van der Waals surface area contributed by atoms with Crippen molar-refractivity contribution in [1.82, 2.24) is 4.90 Å². The van der Waals surface area contributed by atoms with Gasteiger partial charge in [0.1, 0.15) is 10.1 Å².